The number of hydrogen-bond donors (Lipinski definition) is 2. The van der Waals surface area contributed by atoms with Crippen molar-refractivity contribution in [1.82, 2.24) is 5.32 Å². The Labute approximate surface area is 113 Å². The summed E-state index contributed by atoms with van der Waals surface area (Å²) in [5.41, 5.74) is 0. The topological polar surface area (TPSA) is 101 Å². The molecule has 1 amide bonds. The highest BCUT2D eigenvalue weighted by molar-refractivity contribution is 7.91. The third-order valence-corrected chi connectivity index (χ3v) is 5.18. The van der Waals surface area contributed by atoms with Gasteiger partial charge >= 0.3 is 5.97 Å². The van der Waals surface area contributed by atoms with Gasteiger partial charge in [0.1, 0.15) is 0 Å². The van der Waals surface area contributed by atoms with E-state index in [1.54, 1.807) is 0 Å². The van der Waals surface area contributed by atoms with Gasteiger partial charge in [0.25, 0.3) is 0 Å². The van der Waals surface area contributed by atoms with E-state index in [0.29, 0.717) is 6.42 Å². The minimum absolute atomic E-state index is 0.0207. The fourth-order valence-corrected chi connectivity index (χ4v) is 4.06. The van der Waals surface area contributed by atoms with Crippen LogP contribution in [0, 0.1) is 11.8 Å². The third-order valence-electron chi connectivity index (χ3n) is 3.35. The second-order valence-electron chi connectivity index (χ2n) is 5.49. The van der Waals surface area contributed by atoms with Crippen molar-refractivity contribution in [3.05, 3.63) is 0 Å². The standard InChI is InChI=1S/C12H21NO5S/c1-8(2)10(6-12(15)16)13-11(14)5-9-3-4-19(17,18)7-9/h8-10H,3-7H2,1-2H3,(H,13,14)(H,15,16). The van der Waals surface area contributed by atoms with Crippen molar-refractivity contribution in [2.75, 3.05) is 11.5 Å². The lowest BCUT2D eigenvalue weighted by Gasteiger charge is -2.21. The Morgan fingerprint density at radius 1 is 1.37 bits per heavy atom. The van der Waals surface area contributed by atoms with Gasteiger partial charge in [-0.2, -0.15) is 0 Å². The molecule has 2 atom stereocenters. The first-order valence-electron chi connectivity index (χ1n) is 6.41. The van der Waals surface area contributed by atoms with Crippen LogP contribution in [0.15, 0.2) is 0 Å². The van der Waals surface area contributed by atoms with Crippen molar-refractivity contribution >= 4 is 21.7 Å². The minimum Gasteiger partial charge on any atom is -0.481 e. The van der Waals surface area contributed by atoms with Gasteiger partial charge in [-0.15, -0.1) is 0 Å². The second-order valence-corrected chi connectivity index (χ2v) is 7.72. The molecule has 1 fully saturated rings. The van der Waals surface area contributed by atoms with Crippen molar-refractivity contribution in [1.29, 1.82) is 0 Å². The lowest BCUT2D eigenvalue weighted by atomic mass is 9.99. The lowest BCUT2D eigenvalue weighted by molar-refractivity contribution is -0.138. The molecule has 1 heterocycles. The molecule has 6 nitrogen and oxygen atoms in total. The van der Waals surface area contributed by atoms with E-state index in [0.717, 1.165) is 0 Å². The van der Waals surface area contributed by atoms with Gasteiger partial charge in [-0.1, -0.05) is 13.8 Å². The third kappa shape index (κ3) is 5.59. The van der Waals surface area contributed by atoms with Gasteiger partial charge in [0.15, 0.2) is 9.84 Å². The van der Waals surface area contributed by atoms with E-state index < -0.39 is 21.8 Å². The Morgan fingerprint density at radius 2 is 2.00 bits per heavy atom. The molecule has 0 aromatic rings. The van der Waals surface area contributed by atoms with Crippen molar-refractivity contribution in [3.63, 3.8) is 0 Å². The number of carboxylic acids is 1. The predicted molar refractivity (Wildman–Crippen MR) is 70.4 cm³/mol. The van der Waals surface area contributed by atoms with Gasteiger partial charge in [-0.3, -0.25) is 9.59 Å². The molecule has 0 spiro atoms. The van der Waals surface area contributed by atoms with Crippen molar-refractivity contribution < 1.29 is 23.1 Å². The highest BCUT2D eigenvalue weighted by Gasteiger charge is 2.30. The fourth-order valence-electron chi connectivity index (χ4n) is 2.20. The molecule has 1 rings (SSSR count). The summed E-state index contributed by atoms with van der Waals surface area (Å²) in [5.74, 6) is -1.13. The quantitative estimate of drug-likeness (QED) is 0.739. The van der Waals surface area contributed by atoms with E-state index >= 15 is 0 Å². The molecule has 0 aromatic heterocycles. The maximum absolute atomic E-state index is 11.8. The smallest absolute Gasteiger partial charge is 0.305 e. The monoisotopic (exact) mass is 291 g/mol. The van der Waals surface area contributed by atoms with Crippen LogP contribution in [0.25, 0.3) is 0 Å². The van der Waals surface area contributed by atoms with Crippen LogP contribution in [0.2, 0.25) is 0 Å². The van der Waals surface area contributed by atoms with E-state index in [-0.39, 0.29) is 42.1 Å². The highest BCUT2D eigenvalue weighted by atomic mass is 32.2. The van der Waals surface area contributed by atoms with Crippen molar-refractivity contribution in [2.24, 2.45) is 11.8 Å². The van der Waals surface area contributed by atoms with Crippen LogP contribution in [0.5, 0.6) is 0 Å². The number of nitrogens with one attached hydrogen (secondary N) is 1. The van der Waals surface area contributed by atoms with Crippen LogP contribution < -0.4 is 5.32 Å². The number of carbonyl (C=O) groups excluding carboxylic acids is 1. The van der Waals surface area contributed by atoms with Crippen LogP contribution in [-0.2, 0) is 19.4 Å². The van der Waals surface area contributed by atoms with Gasteiger partial charge in [0.05, 0.1) is 17.9 Å². The summed E-state index contributed by atoms with van der Waals surface area (Å²) in [6, 6.07) is -0.414. The van der Waals surface area contributed by atoms with Crippen LogP contribution in [-0.4, -0.2) is 42.9 Å². The summed E-state index contributed by atoms with van der Waals surface area (Å²) >= 11 is 0. The second kappa shape index (κ2) is 6.36. The molecule has 0 aromatic carbocycles. The van der Waals surface area contributed by atoms with E-state index in [1.165, 1.54) is 0 Å². The number of sulfone groups is 1. The fraction of sp³-hybridized carbons (Fsp3) is 0.833. The number of aliphatic carboxylic acids is 1. The Balaban J connectivity index is 2.47. The van der Waals surface area contributed by atoms with Gasteiger partial charge in [-0.05, 0) is 18.3 Å². The highest BCUT2D eigenvalue weighted by Crippen LogP contribution is 2.21. The first kappa shape index (κ1) is 15.9. The van der Waals surface area contributed by atoms with Crippen LogP contribution in [0.1, 0.15) is 33.1 Å². The molecule has 2 unspecified atom stereocenters. The summed E-state index contributed by atoms with van der Waals surface area (Å²) in [5, 5.41) is 11.5. The van der Waals surface area contributed by atoms with E-state index in [9.17, 15) is 18.0 Å². The van der Waals surface area contributed by atoms with E-state index in [4.69, 9.17) is 5.11 Å². The van der Waals surface area contributed by atoms with Crippen LogP contribution in [0.4, 0.5) is 0 Å². The Bertz CT molecular complexity index is 443. The van der Waals surface area contributed by atoms with Gasteiger partial charge in [-0.25, -0.2) is 8.42 Å². The first-order valence-corrected chi connectivity index (χ1v) is 8.23. The molecule has 7 heteroatoms. The number of carbonyl (C=O) groups is 2. The molecular weight excluding hydrogens is 270 g/mol. The van der Waals surface area contributed by atoms with Crippen LogP contribution >= 0.6 is 0 Å². The summed E-state index contributed by atoms with van der Waals surface area (Å²) in [6.07, 6.45) is 0.551. The largest absolute Gasteiger partial charge is 0.481 e. The minimum atomic E-state index is -2.98. The zero-order chi connectivity index (χ0) is 14.6. The summed E-state index contributed by atoms with van der Waals surface area (Å²) in [6.45, 7) is 3.68. The van der Waals surface area contributed by atoms with Gasteiger partial charge < -0.3 is 10.4 Å². The normalized spacial score (nSPS) is 23.2. The van der Waals surface area contributed by atoms with Gasteiger partial charge in [0, 0.05) is 12.5 Å². The molecule has 19 heavy (non-hydrogen) atoms. The van der Waals surface area contributed by atoms with Gasteiger partial charge in [0.2, 0.25) is 5.91 Å². The Morgan fingerprint density at radius 3 is 2.42 bits per heavy atom. The lowest BCUT2D eigenvalue weighted by Crippen LogP contribution is -2.40. The van der Waals surface area contributed by atoms with E-state index in [2.05, 4.69) is 5.32 Å². The molecule has 0 bridgehead atoms. The first-order chi connectivity index (χ1) is 8.69. The molecule has 1 saturated heterocycles. The number of carboxylic acid groups (broad SMARTS) is 1. The van der Waals surface area contributed by atoms with Crippen molar-refractivity contribution in [3.8, 4) is 0 Å². The SMILES string of the molecule is CC(C)C(CC(=O)O)NC(=O)CC1CCS(=O)(=O)C1. The van der Waals surface area contributed by atoms with E-state index in [1.807, 2.05) is 13.8 Å². The maximum atomic E-state index is 11.8. The maximum Gasteiger partial charge on any atom is 0.305 e. The molecule has 1 aliphatic heterocycles. The number of amides is 1. The Kier molecular flexibility index (Phi) is 5.34. The summed E-state index contributed by atoms with van der Waals surface area (Å²) in [4.78, 5) is 22.5. The molecule has 0 saturated carbocycles. The molecule has 0 radical (unpaired) electrons. The molecule has 110 valence electrons. The number of rotatable bonds is 6. The Hall–Kier alpha value is -1.11. The molecule has 1 aliphatic rings. The predicted octanol–water partition coefficient (Wildman–Crippen LogP) is 0.427. The average Bonchev–Trinajstić information content (AvgIpc) is 2.56. The zero-order valence-electron chi connectivity index (χ0n) is 11.3. The van der Waals surface area contributed by atoms with Crippen molar-refractivity contribution in [2.45, 2.75) is 39.2 Å². The summed E-state index contributed by atoms with van der Waals surface area (Å²) < 4.78 is 22.6. The molecule has 2 N–H and O–H groups in total. The van der Waals surface area contributed by atoms with Crippen LogP contribution in [0.3, 0.4) is 0 Å². The molecular formula is C12H21NO5S. The number of hydrogen-bond acceptors (Lipinski definition) is 4. The summed E-state index contributed by atoms with van der Waals surface area (Å²) in [7, 11) is -2.98. The zero-order valence-corrected chi connectivity index (χ0v) is 12.1. The molecule has 0 aliphatic carbocycles. The average molecular weight is 291 g/mol.